The van der Waals surface area contributed by atoms with Gasteiger partial charge in [-0.1, -0.05) is 6.07 Å². The van der Waals surface area contributed by atoms with Gasteiger partial charge >= 0.3 is 0 Å². The highest BCUT2D eigenvalue weighted by atomic mass is 32.1. The summed E-state index contributed by atoms with van der Waals surface area (Å²) in [6.45, 7) is 4.07. The Labute approximate surface area is 160 Å². The molecule has 140 valence electrons. The standard InChI is InChI=1S/C19H21N5O2S/c1-11-17(23-5-6-27-19(23)22-11)18(26)21-10-15-13-7-12(8-20-9-13)14-3-2-4-16(25)24(14)15/h2-6,12-13,15,20H,7-10H2,1H3,(H,21,26)/t12-,13+,15+/m1/s1. The second-order valence-electron chi connectivity index (χ2n) is 7.39. The van der Waals surface area contributed by atoms with Crippen molar-refractivity contribution in [2.45, 2.75) is 25.3 Å². The summed E-state index contributed by atoms with van der Waals surface area (Å²) in [7, 11) is 0. The second-order valence-corrected chi connectivity index (χ2v) is 8.26. The first-order valence-electron chi connectivity index (χ1n) is 9.26. The molecule has 3 atom stereocenters. The molecule has 0 aromatic carbocycles. The van der Waals surface area contributed by atoms with Gasteiger partial charge in [0.25, 0.3) is 11.5 Å². The number of piperidine rings is 1. The molecule has 2 aliphatic heterocycles. The molecule has 0 aliphatic carbocycles. The SMILES string of the molecule is Cc1nc2sccn2c1C(=O)NC[C@H]1[C@@H]2CNC[C@@H](C2)c2cccc(=O)n21. The molecule has 0 saturated carbocycles. The predicted octanol–water partition coefficient (Wildman–Crippen LogP) is 1.54. The molecule has 8 heteroatoms. The van der Waals surface area contributed by atoms with Crippen molar-refractivity contribution in [2.75, 3.05) is 19.6 Å². The summed E-state index contributed by atoms with van der Waals surface area (Å²) in [6.07, 6.45) is 2.92. The van der Waals surface area contributed by atoms with Gasteiger partial charge in [-0.15, -0.1) is 11.3 Å². The van der Waals surface area contributed by atoms with E-state index in [0.717, 1.165) is 35.9 Å². The number of pyridine rings is 1. The van der Waals surface area contributed by atoms with Crippen molar-refractivity contribution in [1.29, 1.82) is 0 Å². The maximum absolute atomic E-state index is 12.9. The molecule has 3 aromatic heterocycles. The Morgan fingerprint density at radius 1 is 1.41 bits per heavy atom. The second kappa shape index (κ2) is 6.31. The maximum atomic E-state index is 12.9. The molecule has 3 aromatic rings. The lowest BCUT2D eigenvalue weighted by Gasteiger charge is -2.43. The molecule has 2 bridgehead atoms. The van der Waals surface area contributed by atoms with Crippen LogP contribution in [0.25, 0.3) is 4.96 Å². The minimum Gasteiger partial charge on any atom is -0.349 e. The van der Waals surface area contributed by atoms with E-state index in [9.17, 15) is 9.59 Å². The molecule has 0 spiro atoms. The largest absolute Gasteiger partial charge is 0.349 e. The fourth-order valence-electron chi connectivity index (χ4n) is 4.62. The fourth-order valence-corrected chi connectivity index (χ4v) is 5.37. The molecule has 1 saturated heterocycles. The third-order valence-corrected chi connectivity index (χ3v) is 6.58. The first-order valence-corrected chi connectivity index (χ1v) is 10.1. The zero-order chi connectivity index (χ0) is 18.5. The lowest BCUT2D eigenvalue weighted by Crippen LogP contribution is -2.50. The molecule has 5 rings (SSSR count). The number of nitrogens with zero attached hydrogens (tertiary/aromatic N) is 3. The highest BCUT2D eigenvalue weighted by Gasteiger charge is 2.38. The number of thiazole rings is 1. The van der Waals surface area contributed by atoms with E-state index >= 15 is 0 Å². The normalized spacial score (nSPS) is 24.0. The average molecular weight is 383 g/mol. The summed E-state index contributed by atoms with van der Waals surface area (Å²) >= 11 is 1.51. The molecule has 1 fully saturated rings. The molecule has 7 nitrogen and oxygen atoms in total. The van der Waals surface area contributed by atoms with Gasteiger partial charge in [-0.25, -0.2) is 4.98 Å². The van der Waals surface area contributed by atoms with E-state index in [1.54, 1.807) is 6.07 Å². The molecule has 0 radical (unpaired) electrons. The monoisotopic (exact) mass is 383 g/mol. The van der Waals surface area contributed by atoms with Gasteiger partial charge in [-0.3, -0.25) is 14.0 Å². The Bertz CT molecular complexity index is 1080. The third kappa shape index (κ3) is 2.62. The van der Waals surface area contributed by atoms with Gasteiger partial charge in [0, 0.05) is 48.9 Å². The van der Waals surface area contributed by atoms with Crippen LogP contribution in [0.3, 0.4) is 0 Å². The number of nitrogens with one attached hydrogen (secondary N) is 2. The minimum absolute atomic E-state index is 0.0177. The summed E-state index contributed by atoms with van der Waals surface area (Å²) in [5, 5.41) is 8.47. The van der Waals surface area contributed by atoms with Crippen LogP contribution in [0.4, 0.5) is 0 Å². The number of rotatable bonds is 3. The van der Waals surface area contributed by atoms with Gasteiger partial charge in [-0.05, 0) is 25.3 Å². The van der Waals surface area contributed by atoms with E-state index < -0.39 is 0 Å². The zero-order valence-electron chi connectivity index (χ0n) is 15.0. The third-order valence-electron chi connectivity index (χ3n) is 5.82. The van der Waals surface area contributed by atoms with E-state index in [4.69, 9.17) is 0 Å². The zero-order valence-corrected chi connectivity index (χ0v) is 15.8. The molecule has 27 heavy (non-hydrogen) atoms. The molecule has 1 amide bonds. The molecule has 5 heterocycles. The molecule has 0 unspecified atom stereocenters. The molecule has 2 aliphatic rings. The summed E-state index contributed by atoms with van der Waals surface area (Å²) in [6, 6.07) is 5.46. The number of aryl methyl sites for hydroxylation is 1. The van der Waals surface area contributed by atoms with Gasteiger partial charge in [0.05, 0.1) is 11.7 Å². The Morgan fingerprint density at radius 3 is 3.19 bits per heavy atom. The van der Waals surface area contributed by atoms with E-state index in [1.807, 2.05) is 39.6 Å². The van der Waals surface area contributed by atoms with Gasteiger partial charge < -0.3 is 15.2 Å². The number of fused-ring (bicyclic) bond motifs is 5. The first kappa shape index (κ1) is 16.7. The van der Waals surface area contributed by atoms with Crippen LogP contribution in [0.15, 0.2) is 34.6 Å². The van der Waals surface area contributed by atoms with Crippen LogP contribution in [0, 0.1) is 12.8 Å². The van der Waals surface area contributed by atoms with Crippen LogP contribution >= 0.6 is 11.3 Å². The predicted molar refractivity (Wildman–Crippen MR) is 104 cm³/mol. The fraction of sp³-hybridized carbons (Fsp3) is 0.421. The van der Waals surface area contributed by atoms with Gasteiger partial charge in [-0.2, -0.15) is 0 Å². The van der Waals surface area contributed by atoms with Crippen LogP contribution in [0.1, 0.15) is 40.3 Å². The van der Waals surface area contributed by atoms with E-state index in [1.165, 1.54) is 11.3 Å². The van der Waals surface area contributed by atoms with Crippen LogP contribution in [0.2, 0.25) is 0 Å². The van der Waals surface area contributed by atoms with Gasteiger partial charge in [0.2, 0.25) is 0 Å². The van der Waals surface area contributed by atoms with Crippen LogP contribution in [0.5, 0.6) is 0 Å². The topological polar surface area (TPSA) is 80.4 Å². The lowest BCUT2D eigenvalue weighted by atomic mass is 9.79. The first-order chi connectivity index (χ1) is 13.1. The van der Waals surface area contributed by atoms with Crippen molar-refractivity contribution in [3.63, 3.8) is 0 Å². The number of hydrogen-bond donors (Lipinski definition) is 2. The van der Waals surface area contributed by atoms with Crippen molar-refractivity contribution in [1.82, 2.24) is 24.6 Å². The van der Waals surface area contributed by atoms with Crippen molar-refractivity contribution >= 4 is 22.2 Å². The number of amides is 1. The van der Waals surface area contributed by atoms with Gasteiger partial charge in [0.15, 0.2) is 4.96 Å². The van der Waals surface area contributed by atoms with E-state index in [0.29, 0.717) is 24.1 Å². The van der Waals surface area contributed by atoms with Crippen molar-refractivity contribution in [3.8, 4) is 0 Å². The van der Waals surface area contributed by atoms with Crippen LogP contribution in [-0.2, 0) is 0 Å². The number of hydrogen-bond acceptors (Lipinski definition) is 5. The Hall–Kier alpha value is -2.45. The molecule has 2 N–H and O–H groups in total. The van der Waals surface area contributed by atoms with Crippen LogP contribution in [-0.4, -0.2) is 39.5 Å². The Kier molecular flexibility index (Phi) is 3.91. The molecular weight excluding hydrogens is 362 g/mol. The van der Waals surface area contributed by atoms with Crippen LogP contribution < -0.4 is 16.2 Å². The van der Waals surface area contributed by atoms with Crippen molar-refractivity contribution < 1.29 is 4.79 Å². The summed E-state index contributed by atoms with van der Waals surface area (Å²) in [4.78, 5) is 30.7. The number of aromatic nitrogens is 3. The Balaban J connectivity index is 1.45. The van der Waals surface area contributed by atoms with Gasteiger partial charge in [0.1, 0.15) is 5.69 Å². The smallest absolute Gasteiger partial charge is 0.270 e. The Morgan fingerprint density at radius 2 is 2.30 bits per heavy atom. The van der Waals surface area contributed by atoms with Crippen molar-refractivity contribution in [3.05, 3.63) is 57.2 Å². The molecular formula is C19H21N5O2S. The number of carbonyl (C=O) groups excluding carboxylic acids is 1. The highest BCUT2D eigenvalue weighted by molar-refractivity contribution is 7.15. The quantitative estimate of drug-likeness (QED) is 0.719. The van der Waals surface area contributed by atoms with Crippen molar-refractivity contribution in [2.24, 2.45) is 5.92 Å². The number of imidazole rings is 1. The maximum Gasteiger partial charge on any atom is 0.270 e. The van der Waals surface area contributed by atoms with E-state index in [-0.39, 0.29) is 17.5 Å². The average Bonchev–Trinajstić information content (AvgIpc) is 3.22. The summed E-state index contributed by atoms with van der Waals surface area (Å²) in [5.74, 6) is 0.561. The lowest BCUT2D eigenvalue weighted by molar-refractivity contribution is 0.0925. The summed E-state index contributed by atoms with van der Waals surface area (Å²) < 4.78 is 3.73. The summed E-state index contributed by atoms with van der Waals surface area (Å²) in [5.41, 5.74) is 2.39. The highest BCUT2D eigenvalue weighted by Crippen LogP contribution is 2.38. The van der Waals surface area contributed by atoms with E-state index in [2.05, 4.69) is 15.6 Å². The minimum atomic E-state index is -0.144. The number of carbonyl (C=O) groups is 1.